The summed E-state index contributed by atoms with van der Waals surface area (Å²) in [6.45, 7) is 11.4. The minimum absolute atomic E-state index is 0.416. The van der Waals surface area contributed by atoms with Crippen LogP contribution in [-0.4, -0.2) is 19.7 Å². The second-order valence-corrected chi connectivity index (χ2v) is 4.28. The van der Waals surface area contributed by atoms with Gasteiger partial charge in [0.15, 0.2) is 0 Å². The third-order valence-electron chi connectivity index (χ3n) is 3.04. The van der Waals surface area contributed by atoms with E-state index < -0.39 is 0 Å². The summed E-state index contributed by atoms with van der Waals surface area (Å²) in [5, 5.41) is 2.45. The highest BCUT2D eigenvalue weighted by atomic mass is 16.5. The largest absolute Gasteiger partial charge is 0.496 e. The maximum Gasteiger partial charge on any atom is 0.211 e. The number of carbonyl (C=O) groups excluding carboxylic acids is 1. The van der Waals surface area contributed by atoms with E-state index in [2.05, 4.69) is 23.5 Å². The normalized spacial score (nSPS) is 11.3. The van der Waals surface area contributed by atoms with Crippen LogP contribution in [0, 0.1) is 6.92 Å². The summed E-state index contributed by atoms with van der Waals surface area (Å²) < 4.78 is 5.33. The molecule has 0 saturated heterocycles. The fraction of sp³-hybridized carbons (Fsp3) is 0.176. The number of hydrogen-bond donors (Lipinski definition) is 1. The zero-order valence-electron chi connectivity index (χ0n) is 12.6. The molecular formula is C17H20N2O2. The Hall–Kier alpha value is -2.62. The molecule has 1 amide bonds. The van der Waals surface area contributed by atoms with Crippen LogP contribution >= 0.6 is 0 Å². The maximum absolute atomic E-state index is 10.4. The first-order valence-corrected chi connectivity index (χ1v) is 6.48. The van der Waals surface area contributed by atoms with E-state index in [0.717, 1.165) is 28.1 Å². The molecule has 4 heteroatoms. The van der Waals surface area contributed by atoms with Crippen LogP contribution in [-0.2, 0) is 4.79 Å². The van der Waals surface area contributed by atoms with Gasteiger partial charge in [-0.1, -0.05) is 25.3 Å². The molecule has 1 aromatic carbocycles. The predicted octanol–water partition coefficient (Wildman–Crippen LogP) is 3.55. The number of hydrogen-bond acceptors (Lipinski definition) is 3. The summed E-state index contributed by atoms with van der Waals surface area (Å²) in [6, 6.07) is 3.83. The van der Waals surface area contributed by atoms with Crippen LogP contribution in [0.4, 0.5) is 5.69 Å². The lowest BCUT2D eigenvalue weighted by Gasteiger charge is -2.13. The van der Waals surface area contributed by atoms with Gasteiger partial charge in [0.1, 0.15) is 5.75 Å². The Balaban J connectivity index is 3.40. The van der Waals surface area contributed by atoms with Crippen LogP contribution in [0.15, 0.2) is 48.1 Å². The fourth-order valence-corrected chi connectivity index (χ4v) is 1.94. The van der Waals surface area contributed by atoms with Crippen LogP contribution in [0.1, 0.15) is 18.1 Å². The molecule has 0 unspecified atom stereocenters. The molecule has 0 atom stereocenters. The standard InChI is InChI=1S/C17H20N2O2/c1-6-14(7-2)15-8-9-16(21-5)13(4)17(15)18-10-12(3)19-11-20/h6-11H,1,3H2,2,4-5H3,(H,19,20)/b14-7+,18-10-. The number of allylic oxidation sites excluding steroid dienone is 4. The molecule has 0 aliphatic heterocycles. The Morgan fingerprint density at radius 1 is 1.43 bits per heavy atom. The topological polar surface area (TPSA) is 50.7 Å². The van der Waals surface area contributed by atoms with Crippen LogP contribution < -0.4 is 10.1 Å². The molecule has 0 aliphatic carbocycles. The second kappa shape index (κ2) is 7.85. The van der Waals surface area contributed by atoms with Gasteiger partial charge in [0.2, 0.25) is 6.41 Å². The minimum atomic E-state index is 0.416. The zero-order valence-corrected chi connectivity index (χ0v) is 12.6. The van der Waals surface area contributed by atoms with Crippen molar-refractivity contribution in [3.8, 4) is 5.75 Å². The molecule has 0 spiro atoms. The Bertz CT molecular complexity index is 613. The first-order valence-electron chi connectivity index (χ1n) is 6.48. The summed E-state index contributed by atoms with van der Waals surface area (Å²) in [5.41, 5.74) is 4.00. The van der Waals surface area contributed by atoms with Crippen LogP contribution in [0.2, 0.25) is 0 Å². The van der Waals surface area contributed by atoms with Crippen molar-refractivity contribution < 1.29 is 9.53 Å². The number of methoxy groups -OCH3 is 1. The lowest BCUT2D eigenvalue weighted by atomic mass is 10.00. The van der Waals surface area contributed by atoms with Crippen molar-refractivity contribution in [2.45, 2.75) is 13.8 Å². The van der Waals surface area contributed by atoms with Gasteiger partial charge in [-0.05, 0) is 31.6 Å². The van der Waals surface area contributed by atoms with Gasteiger partial charge in [-0.3, -0.25) is 9.79 Å². The molecule has 0 heterocycles. The number of ether oxygens (including phenoxy) is 1. The van der Waals surface area contributed by atoms with Gasteiger partial charge in [0.25, 0.3) is 0 Å². The SMILES string of the molecule is C=C/C(=C\C)c1ccc(OC)c(C)c1/N=C\C(=C)NC=O. The van der Waals surface area contributed by atoms with Gasteiger partial charge in [0, 0.05) is 11.1 Å². The van der Waals surface area contributed by atoms with E-state index in [-0.39, 0.29) is 0 Å². The molecule has 4 nitrogen and oxygen atoms in total. The van der Waals surface area contributed by atoms with Crippen LogP contribution in [0.5, 0.6) is 5.75 Å². The van der Waals surface area contributed by atoms with Crippen LogP contribution in [0.3, 0.4) is 0 Å². The summed E-state index contributed by atoms with van der Waals surface area (Å²) in [4.78, 5) is 14.8. The van der Waals surface area contributed by atoms with Gasteiger partial charge in [-0.15, -0.1) is 0 Å². The predicted molar refractivity (Wildman–Crippen MR) is 88.1 cm³/mol. The minimum Gasteiger partial charge on any atom is -0.496 e. The van der Waals surface area contributed by atoms with Crippen molar-refractivity contribution in [3.63, 3.8) is 0 Å². The van der Waals surface area contributed by atoms with E-state index in [0.29, 0.717) is 12.1 Å². The molecule has 1 N–H and O–H groups in total. The summed E-state index contributed by atoms with van der Waals surface area (Å²) in [7, 11) is 1.62. The number of carbonyl (C=O) groups is 1. The average molecular weight is 284 g/mol. The molecule has 0 aromatic heterocycles. The smallest absolute Gasteiger partial charge is 0.211 e. The maximum atomic E-state index is 10.4. The lowest BCUT2D eigenvalue weighted by Crippen LogP contribution is -2.09. The number of benzene rings is 1. The second-order valence-electron chi connectivity index (χ2n) is 4.28. The molecule has 1 aromatic rings. The molecule has 110 valence electrons. The van der Waals surface area contributed by atoms with Gasteiger partial charge in [0.05, 0.1) is 24.7 Å². The molecule has 0 aliphatic rings. The molecular weight excluding hydrogens is 264 g/mol. The van der Waals surface area contributed by atoms with Gasteiger partial charge in [-0.25, -0.2) is 0 Å². The summed E-state index contributed by atoms with van der Waals surface area (Å²) >= 11 is 0. The van der Waals surface area contributed by atoms with E-state index in [1.165, 1.54) is 6.21 Å². The highest BCUT2D eigenvalue weighted by Crippen LogP contribution is 2.35. The molecule has 0 fully saturated rings. The molecule has 0 saturated carbocycles. The molecule has 1 rings (SSSR count). The van der Waals surface area contributed by atoms with Gasteiger partial charge in [-0.2, -0.15) is 0 Å². The van der Waals surface area contributed by atoms with Crippen LogP contribution in [0.25, 0.3) is 5.57 Å². The van der Waals surface area contributed by atoms with Crippen molar-refractivity contribution in [2.75, 3.05) is 7.11 Å². The Kier molecular flexibility index (Phi) is 6.14. The third-order valence-corrected chi connectivity index (χ3v) is 3.04. The number of nitrogens with one attached hydrogen (secondary N) is 1. The van der Waals surface area contributed by atoms with Crippen molar-refractivity contribution in [1.82, 2.24) is 5.32 Å². The van der Waals surface area contributed by atoms with E-state index in [1.54, 1.807) is 13.2 Å². The monoisotopic (exact) mass is 284 g/mol. The highest BCUT2D eigenvalue weighted by Gasteiger charge is 2.11. The zero-order chi connectivity index (χ0) is 15.8. The van der Waals surface area contributed by atoms with Gasteiger partial charge < -0.3 is 10.1 Å². The Labute approximate surface area is 125 Å². The first kappa shape index (κ1) is 16.4. The molecule has 0 radical (unpaired) electrons. The number of nitrogens with zero attached hydrogens (tertiary/aromatic N) is 1. The van der Waals surface area contributed by atoms with Crippen molar-refractivity contribution in [1.29, 1.82) is 0 Å². The number of rotatable bonds is 7. The summed E-state index contributed by atoms with van der Waals surface area (Å²) in [6.07, 6.45) is 5.81. The van der Waals surface area contributed by atoms with Crippen molar-refractivity contribution >= 4 is 23.9 Å². The Morgan fingerprint density at radius 3 is 2.67 bits per heavy atom. The van der Waals surface area contributed by atoms with Crippen molar-refractivity contribution in [2.24, 2.45) is 4.99 Å². The number of amides is 1. The molecule has 0 bridgehead atoms. The van der Waals surface area contributed by atoms with Gasteiger partial charge >= 0.3 is 0 Å². The summed E-state index contributed by atoms with van der Waals surface area (Å²) in [5.74, 6) is 0.749. The highest BCUT2D eigenvalue weighted by molar-refractivity contribution is 5.88. The first-order chi connectivity index (χ1) is 10.1. The average Bonchev–Trinajstić information content (AvgIpc) is 2.48. The number of aliphatic imine (C=N–C) groups is 1. The Morgan fingerprint density at radius 2 is 2.14 bits per heavy atom. The van der Waals surface area contributed by atoms with E-state index in [4.69, 9.17) is 4.74 Å². The fourth-order valence-electron chi connectivity index (χ4n) is 1.94. The third kappa shape index (κ3) is 3.92. The molecule has 21 heavy (non-hydrogen) atoms. The van der Waals surface area contributed by atoms with Crippen molar-refractivity contribution in [3.05, 3.63) is 54.3 Å². The quantitative estimate of drug-likeness (QED) is 0.473. The lowest BCUT2D eigenvalue weighted by molar-refractivity contribution is -0.108. The van der Waals surface area contributed by atoms with E-state index >= 15 is 0 Å². The van der Waals surface area contributed by atoms with E-state index in [1.807, 2.05) is 32.1 Å². The van der Waals surface area contributed by atoms with E-state index in [9.17, 15) is 4.79 Å².